The van der Waals surface area contributed by atoms with Gasteiger partial charge in [-0.15, -0.1) is 11.3 Å². The van der Waals surface area contributed by atoms with Gasteiger partial charge in [0.2, 0.25) is 5.91 Å². The Bertz CT molecular complexity index is 796. The van der Waals surface area contributed by atoms with Gasteiger partial charge in [0.25, 0.3) is 5.91 Å². The molecule has 0 spiro atoms. The fraction of sp³-hybridized carbons (Fsp3) is 0.400. The zero-order chi connectivity index (χ0) is 18.7. The highest BCUT2D eigenvalue weighted by atomic mass is 32.1. The van der Waals surface area contributed by atoms with Crippen LogP contribution < -0.4 is 10.1 Å². The summed E-state index contributed by atoms with van der Waals surface area (Å²) in [5, 5.41) is 3.03. The highest BCUT2D eigenvalue weighted by molar-refractivity contribution is 7.14. The molecule has 0 bridgehead atoms. The molecule has 0 fully saturated rings. The Morgan fingerprint density at radius 1 is 1.27 bits per heavy atom. The van der Waals surface area contributed by atoms with Crippen LogP contribution in [0.3, 0.4) is 0 Å². The number of amides is 2. The van der Waals surface area contributed by atoms with Gasteiger partial charge in [0.05, 0.1) is 12.0 Å². The number of aryl methyl sites for hydroxylation is 1. The molecule has 5 nitrogen and oxygen atoms in total. The number of carbonyl (C=O) groups excluding carboxylic acids is 2. The van der Waals surface area contributed by atoms with E-state index >= 15 is 0 Å². The van der Waals surface area contributed by atoms with Crippen LogP contribution >= 0.6 is 11.3 Å². The summed E-state index contributed by atoms with van der Waals surface area (Å²) in [5.41, 5.74) is 2.20. The van der Waals surface area contributed by atoms with Crippen molar-refractivity contribution in [2.45, 2.75) is 25.8 Å². The van der Waals surface area contributed by atoms with Crippen LogP contribution in [0.15, 0.2) is 30.3 Å². The molecule has 0 saturated carbocycles. The fourth-order valence-electron chi connectivity index (χ4n) is 3.15. The summed E-state index contributed by atoms with van der Waals surface area (Å²) in [6, 6.07) is 9.66. The first-order valence-corrected chi connectivity index (χ1v) is 9.53. The number of methoxy groups -OCH3 is 1. The quantitative estimate of drug-likeness (QED) is 0.878. The standard InChI is InChI=1S/C20H24N2O3S/c1-22(2)20(24)18-11-15-10-14(6-9-17(15)26-18)19(23)21-12-13-4-7-16(25-3)8-5-13/h4-5,7-8,11,14H,6,9-10,12H2,1-3H3,(H,21,23)/t14-/m0/s1. The van der Waals surface area contributed by atoms with E-state index in [1.165, 1.54) is 4.88 Å². The van der Waals surface area contributed by atoms with Crippen molar-refractivity contribution in [3.8, 4) is 5.75 Å². The van der Waals surface area contributed by atoms with Gasteiger partial charge >= 0.3 is 0 Å². The SMILES string of the molecule is COc1ccc(CNC(=O)[C@H]2CCc3sc(C(=O)N(C)C)cc3C2)cc1. The molecule has 0 radical (unpaired) electrons. The first-order chi connectivity index (χ1) is 12.5. The Kier molecular flexibility index (Phi) is 5.61. The molecule has 26 heavy (non-hydrogen) atoms. The average molecular weight is 372 g/mol. The molecule has 1 aliphatic rings. The number of carbonyl (C=O) groups is 2. The monoisotopic (exact) mass is 372 g/mol. The number of fused-ring (bicyclic) bond motifs is 1. The molecule has 2 amide bonds. The molecule has 1 aliphatic carbocycles. The van der Waals surface area contributed by atoms with Crippen molar-refractivity contribution >= 4 is 23.2 Å². The van der Waals surface area contributed by atoms with Gasteiger partial charge in [0.1, 0.15) is 5.75 Å². The van der Waals surface area contributed by atoms with Crippen molar-refractivity contribution in [3.63, 3.8) is 0 Å². The summed E-state index contributed by atoms with van der Waals surface area (Å²) in [6.45, 7) is 0.514. The Labute approximate surface area is 158 Å². The maximum absolute atomic E-state index is 12.5. The molecule has 1 atom stereocenters. The Morgan fingerprint density at radius 3 is 2.65 bits per heavy atom. The van der Waals surface area contributed by atoms with E-state index in [2.05, 4.69) is 5.32 Å². The molecule has 1 aromatic heterocycles. The molecular weight excluding hydrogens is 348 g/mol. The zero-order valence-electron chi connectivity index (χ0n) is 15.4. The molecule has 1 N–H and O–H groups in total. The number of thiophene rings is 1. The van der Waals surface area contributed by atoms with Crippen LogP contribution in [0.2, 0.25) is 0 Å². The minimum absolute atomic E-state index is 0.0299. The van der Waals surface area contributed by atoms with Gasteiger partial charge in [0.15, 0.2) is 0 Å². The smallest absolute Gasteiger partial charge is 0.263 e. The van der Waals surface area contributed by atoms with Gasteiger partial charge in [-0.2, -0.15) is 0 Å². The lowest BCUT2D eigenvalue weighted by atomic mass is 9.87. The number of benzene rings is 1. The summed E-state index contributed by atoms with van der Waals surface area (Å²) < 4.78 is 5.14. The van der Waals surface area contributed by atoms with E-state index in [1.807, 2.05) is 30.3 Å². The van der Waals surface area contributed by atoms with Gasteiger partial charge in [-0.25, -0.2) is 0 Å². The van der Waals surface area contributed by atoms with Gasteiger partial charge in [-0.1, -0.05) is 12.1 Å². The van der Waals surface area contributed by atoms with E-state index in [9.17, 15) is 9.59 Å². The molecule has 3 rings (SSSR count). The van der Waals surface area contributed by atoms with Crippen LogP contribution in [0, 0.1) is 5.92 Å². The van der Waals surface area contributed by atoms with E-state index in [-0.39, 0.29) is 17.7 Å². The first-order valence-electron chi connectivity index (χ1n) is 8.72. The highest BCUT2D eigenvalue weighted by Crippen LogP contribution is 2.33. The van der Waals surface area contributed by atoms with Gasteiger partial charge < -0.3 is 15.0 Å². The summed E-state index contributed by atoms with van der Waals surface area (Å²) in [5.74, 6) is 0.890. The van der Waals surface area contributed by atoms with Gasteiger partial charge in [0, 0.05) is 31.4 Å². The Balaban J connectivity index is 1.59. The van der Waals surface area contributed by atoms with Crippen molar-refractivity contribution in [1.29, 1.82) is 0 Å². The fourth-order valence-corrected chi connectivity index (χ4v) is 4.38. The van der Waals surface area contributed by atoms with Crippen LogP contribution in [-0.4, -0.2) is 37.9 Å². The second-order valence-corrected chi connectivity index (χ2v) is 7.90. The average Bonchev–Trinajstić information content (AvgIpc) is 3.08. The molecule has 1 aromatic carbocycles. The van der Waals surface area contributed by atoms with E-state index in [1.54, 1.807) is 37.4 Å². The predicted molar refractivity (Wildman–Crippen MR) is 103 cm³/mol. The number of hydrogen-bond acceptors (Lipinski definition) is 4. The minimum Gasteiger partial charge on any atom is -0.497 e. The number of nitrogens with one attached hydrogen (secondary N) is 1. The Morgan fingerprint density at radius 2 is 2.00 bits per heavy atom. The number of rotatable bonds is 5. The van der Waals surface area contributed by atoms with E-state index in [4.69, 9.17) is 4.74 Å². The van der Waals surface area contributed by atoms with Crippen molar-refractivity contribution in [3.05, 3.63) is 51.2 Å². The van der Waals surface area contributed by atoms with Crippen LogP contribution in [0.5, 0.6) is 5.75 Å². The number of ether oxygens (including phenoxy) is 1. The van der Waals surface area contributed by atoms with E-state index in [0.29, 0.717) is 13.0 Å². The Hall–Kier alpha value is -2.34. The second kappa shape index (κ2) is 7.91. The normalized spacial score (nSPS) is 15.9. The lowest BCUT2D eigenvalue weighted by Gasteiger charge is -2.21. The third kappa shape index (κ3) is 4.07. The molecule has 138 valence electrons. The minimum atomic E-state index is -0.0299. The molecule has 0 aliphatic heterocycles. The van der Waals surface area contributed by atoms with Crippen LogP contribution in [0.25, 0.3) is 0 Å². The molecular formula is C20H24N2O3S. The molecule has 0 saturated heterocycles. The largest absolute Gasteiger partial charge is 0.497 e. The third-order valence-corrected chi connectivity index (χ3v) is 5.92. The summed E-state index contributed by atoms with van der Waals surface area (Å²) in [7, 11) is 5.16. The van der Waals surface area contributed by atoms with Crippen molar-refractivity contribution in [1.82, 2.24) is 10.2 Å². The summed E-state index contributed by atoms with van der Waals surface area (Å²) in [4.78, 5) is 28.3. The molecule has 0 unspecified atom stereocenters. The second-order valence-electron chi connectivity index (χ2n) is 6.76. The van der Waals surface area contributed by atoms with Crippen LogP contribution in [0.1, 0.15) is 32.1 Å². The number of nitrogens with zero attached hydrogens (tertiary/aromatic N) is 1. The molecule has 6 heteroatoms. The van der Waals surface area contributed by atoms with Gasteiger partial charge in [-0.3, -0.25) is 9.59 Å². The van der Waals surface area contributed by atoms with Crippen LogP contribution in [-0.2, 0) is 24.2 Å². The number of hydrogen-bond donors (Lipinski definition) is 1. The van der Waals surface area contributed by atoms with Crippen molar-refractivity contribution < 1.29 is 14.3 Å². The van der Waals surface area contributed by atoms with E-state index in [0.717, 1.165) is 34.6 Å². The topological polar surface area (TPSA) is 58.6 Å². The maximum Gasteiger partial charge on any atom is 0.263 e. The summed E-state index contributed by atoms with van der Waals surface area (Å²) >= 11 is 1.56. The van der Waals surface area contributed by atoms with Crippen molar-refractivity contribution in [2.75, 3.05) is 21.2 Å². The highest BCUT2D eigenvalue weighted by Gasteiger charge is 2.27. The lowest BCUT2D eigenvalue weighted by molar-refractivity contribution is -0.125. The zero-order valence-corrected chi connectivity index (χ0v) is 16.2. The molecule has 1 heterocycles. The predicted octanol–water partition coefficient (Wildman–Crippen LogP) is 2.88. The lowest BCUT2D eigenvalue weighted by Crippen LogP contribution is -2.33. The van der Waals surface area contributed by atoms with Gasteiger partial charge in [-0.05, 0) is 48.6 Å². The maximum atomic E-state index is 12.5. The third-order valence-electron chi connectivity index (χ3n) is 4.70. The first kappa shape index (κ1) is 18.5. The van der Waals surface area contributed by atoms with Crippen molar-refractivity contribution in [2.24, 2.45) is 5.92 Å². The molecule has 2 aromatic rings. The summed E-state index contributed by atoms with van der Waals surface area (Å²) in [6.07, 6.45) is 2.40. The van der Waals surface area contributed by atoms with Crippen LogP contribution in [0.4, 0.5) is 0 Å². The van der Waals surface area contributed by atoms with E-state index < -0.39 is 0 Å².